The summed E-state index contributed by atoms with van der Waals surface area (Å²) in [5, 5.41) is 0. The first kappa shape index (κ1) is 12.5. The molecule has 1 aromatic carbocycles. The van der Waals surface area contributed by atoms with Crippen molar-refractivity contribution in [1.29, 1.82) is 0 Å². The van der Waals surface area contributed by atoms with E-state index >= 15 is 0 Å². The van der Waals surface area contributed by atoms with Gasteiger partial charge in [-0.2, -0.15) is 0 Å². The van der Waals surface area contributed by atoms with E-state index in [0.29, 0.717) is 13.2 Å². The van der Waals surface area contributed by atoms with Crippen molar-refractivity contribution in [3.05, 3.63) is 29.8 Å². The van der Waals surface area contributed by atoms with Gasteiger partial charge in [-0.25, -0.2) is 0 Å². The molecule has 1 amide bonds. The minimum Gasteiger partial charge on any atom is -0.492 e. The summed E-state index contributed by atoms with van der Waals surface area (Å²) >= 11 is 0. The zero-order valence-electron chi connectivity index (χ0n) is 11.0. The van der Waals surface area contributed by atoms with Gasteiger partial charge in [0.15, 0.2) is 0 Å². The van der Waals surface area contributed by atoms with Gasteiger partial charge in [-0.15, -0.1) is 0 Å². The molecule has 0 bridgehead atoms. The molecule has 0 aliphatic carbocycles. The van der Waals surface area contributed by atoms with E-state index in [4.69, 9.17) is 10.5 Å². The number of hydrogen-bond acceptors (Lipinski definition) is 3. The Labute approximate surface area is 113 Å². The highest BCUT2D eigenvalue weighted by molar-refractivity contribution is 5.80. The Kier molecular flexibility index (Phi) is 3.42. The van der Waals surface area contributed by atoms with Crippen LogP contribution in [0.4, 0.5) is 0 Å². The zero-order chi connectivity index (χ0) is 13.2. The summed E-state index contributed by atoms with van der Waals surface area (Å²) in [7, 11) is 0. The van der Waals surface area contributed by atoms with Crippen LogP contribution in [-0.2, 0) is 11.2 Å². The number of piperidine rings is 1. The van der Waals surface area contributed by atoms with E-state index in [1.165, 1.54) is 0 Å². The minimum absolute atomic E-state index is 0.0554. The highest BCUT2D eigenvalue weighted by Gasteiger charge is 2.31. The maximum atomic E-state index is 12.5. The molecule has 2 atom stereocenters. The van der Waals surface area contributed by atoms with Gasteiger partial charge in [0.25, 0.3) is 0 Å². The van der Waals surface area contributed by atoms with E-state index in [0.717, 1.165) is 37.1 Å². The van der Waals surface area contributed by atoms with Gasteiger partial charge in [-0.1, -0.05) is 18.2 Å². The molecular weight excluding hydrogens is 240 g/mol. The molecule has 2 heterocycles. The normalized spacial score (nSPS) is 26.5. The van der Waals surface area contributed by atoms with Crippen LogP contribution in [0.2, 0.25) is 0 Å². The predicted octanol–water partition coefficient (Wildman–Crippen LogP) is 1.19. The number of nitrogens with zero attached hydrogens (tertiary/aromatic N) is 1. The molecule has 1 unspecified atom stereocenters. The number of nitrogens with two attached hydrogens (primary N) is 1. The average molecular weight is 260 g/mol. The first-order valence-electron chi connectivity index (χ1n) is 6.99. The van der Waals surface area contributed by atoms with Gasteiger partial charge in [0.1, 0.15) is 12.4 Å². The van der Waals surface area contributed by atoms with Gasteiger partial charge < -0.3 is 15.4 Å². The van der Waals surface area contributed by atoms with Crippen LogP contribution < -0.4 is 10.5 Å². The van der Waals surface area contributed by atoms with Crippen LogP contribution in [0.15, 0.2) is 24.3 Å². The van der Waals surface area contributed by atoms with Crippen LogP contribution in [0.5, 0.6) is 5.75 Å². The number of amides is 1. The average Bonchev–Trinajstić information content (AvgIpc) is 2.46. The summed E-state index contributed by atoms with van der Waals surface area (Å²) in [4.78, 5) is 14.4. The maximum absolute atomic E-state index is 12.5. The third-order valence-corrected chi connectivity index (χ3v) is 4.00. The lowest BCUT2D eigenvalue weighted by Crippen LogP contribution is -2.49. The first-order valence-corrected chi connectivity index (χ1v) is 6.99. The Hall–Kier alpha value is -1.55. The van der Waals surface area contributed by atoms with Gasteiger partial charge in [0.2, 0.25) is 5.91 Å². The molecule has 2 N–H and O–H groups in total. The highest BCUT2D eigenvalue weighted by Crippen LogP contribution is 2.28. The summed E-state index contributed by atoms with van der Waals surface area (Å²) in [5.41, 5.74) is 7.08. The molecule has 102 valence electrons. The van der Waals surface area contributed by atoms with E-state index in [9.17, 15) is 4.79 Å². The molecule has 0 radical (unpaired) electrons. The van der Waals surface area contributed by atoms with Crippen LogP contribution >= 0.6 is 0 Å². The van der Waals surface area contributed by atoms with Crippen molar-refractivity contribution < 1.29 is 9.53 Å². The third kappa shape index (κ3) is 2.59. The summed E-state index contributed by atoms with van der Waals surface area (Å²) in [6.45, 7) is 2.02. The van der Waals surface area contributed by atoms with Crippen molar-refractivity contribution in [3.8, 4) is 5.75 Å². The van der Waals surface area contributed by atoms with E-state index in [2.05, 4.69) is 0 Å². The number of likely N-dealkylation sites (tertiary alicyclic amines) is 1. The lowest BCUT2D eigenvalue weighted by Gasteiger charge is -2.34. The van der Waals surface area contributed by atoms with Crippen molar-refractivity contribution in [3.63, 3.8) is 0 Å². The number of fused-ring (bicyclic) bond motifs is 1. The van der Waals surface area contributed by atoms with Crippen molar-refractivity contribution in [2.24, 2.45) is 11.7 Å². The third-order valence-electron chi connectivity index (χ3n) is 4.00. The summed E-state index contributed by atoms with van der Waals surface area (Å²) in [6, 6.07) is 8.09. The van der Waals surface area contributed by atoms with Crippen LogP contribution in [0, 0.1) is 5.92 Å². The predicted molar refractivity (Wildman–Crippen MR) is 72.9 cm³/mol. The quantitative estimate of drug-likeness (QED) is 0.825. The van der Waals surface area contributed by atoms with Crippen LogP contribution in [0.25, 0.3) is 0 Å². The van der Waals surface area contributed by atoms with E-state index in [-0.39, 0.29) is 17.9 Å². The maximum Gasteiger partial charge on any atom is 0.229 e. The van der Waals surface area contributed by atoms with E-state index in [1.807, 2.05) is 29.2 Å². The van der Waals surface area contributed by atoms with Crippen molar-refractivity contribution in [1.82, 2.24) is 4.90 Å². The SMILES string of the molecule is N[C@@H]1CCCN(C(=O)C2COc3ccccc3C2)C1. The molecule has 19 heavy (non-hydrogen) atoms. The lowest BCUT2D eigenvalue weighted by atomic mass is 9.94. The Morgan fingerprint density at radius 2 is 2.21 bits per heavy atom. The molecule has 0 spiro atoms. The Bertz CT molecular complexity index is 475. The number of carbonyl (C=O) groups excluding carboxylic acids is 1. The molecule has 0 saturated carbocycles. The molecule has 1 aromatic rings. The minimum atomic E-state index is -0.0554. The second-order valence-corrected chi connectivity index (χ2v) is 5.51. The number of ether oxygens (including phenoxy) is 1. The van der Waals surface area contributed by atoms with Gasteiger partial charge in [-0.3, -0.25) is 4.79 Å². The molecule has 1 fully saturated rings. The number of benzene rings is 1. The topological polar surface area (TPSA) is 55.6 Å². The molecule has 0 aromatic heterocycles. The van der Waals surface area contributed by atoms with Crippen LogP contribution in [-0.4, -0.2) is 36.5 Å². The fourth-order valence-electron chi connectivity index (χ4n) is 2.95. The number of hydrogen-bond donors (Lipinski definition) is 1. The van der Waals surface area contributed by atoms with E-state index in [1.54, 1.807) is 0 Å². The Balaban J connectivity index is 1.69. The molecule has 4 heteroatoms. The van der Waals surface area contributed by atoms with Gasteiger partial charge in [0.05, 0.1) is 5.92 Å². The second kappa shape index (κ2) is 5.21. The van der Waals surface area contributed by atoms with Crippen molar-refractivity contribution >= 4 is 5.91 Å². The molecule has 3 rings (SSSR count). The molecule has 2 aliphatic rings. The largest absolute Gasteiger partial charge is 0.492 e. The summed E-state index contributed by atoms with van der Waals surface area (Å²) in [6.07, 6.45) is 2.81. The second-order valence-electron chi connectivity index (χ2n) is 5.51. The van der Waals surface area contributed by atoms with Crippen molar-refractivity contribution in [2.45, 2.75) is 25.3 Å². The van der Waals surface area contributed by atoms with Crippen molar-refractivity contribution in [2.75, 3.05) is 19.7 Å². The van der Waals surface area contributed by atoms with E-state index < -0.39 is 0 Å². The Morgan fingerprint density at radius 1 is 1.37 bits per heavy atom. The number of carbonyl (C=O) groups is 1. The first-order chi connectivity index (χ1) is 9.24. The highest BCUT2D eigenvalue weighted by atomic mass is 16.5. The summed E-state index contributed by atoms with van der Waals surface area (Å²) in [5.74, 6) is 1.06. The smallest absolute Gasteiger partial charge is 0.229 e. The molecule has 1 saturated heterocycles. The lowest BCUT2D eigenvalue weighted by molar-refractivity contribution is -0.138. The molecule has 4 nitrogen and oxygen atoms in total. The fourth-order valence-corrected chi connectivity index (χ4v) is 2.95. The van der Waals surface area contributed by atoms with Crippen LogP contribution in [0.3, 0.4) is 0 Å². The van der Waals surface area contributed by atoms with Gasteiger partial charge in [-0.05, 0) is 30.9 Å². The number of rotatable bonds is 1. The number of para-hydroxylation sites is 1. The fraction of sp³-hybridized carbons (Fsp3) is 0.533. The monoisotopic (exact) mass is 260 g/mol. The molecule has 2 aliphatic heterocycles. The summed E-state index contributed by atoms with van der Waals surface area (Å²) < 4.78 is 5.70. The molecular formula is C15H20N2O2. The van der Waals surface area contributed by atoms with Gasteiger partial charge >= 0.3 is 0 Å². The Morgan fingerprint density at radius 3 is 3.05 bits per heavy atom. The standard InChI is InChI=1S/C15H20N2O2/c16-13-5-3-7-17(9-13)15(18)12-8-11-4-1-2-6-14(11)19-10-12/h1-2,4,6,12-13H,3,5,7-10,16H2/t12?,13-/m1/s1. The van der Waals surface area contributed by atoms with Crippen LogP contribution in [0.1, 0.15) is 18.4 Å². The zero-order valence-corrected chi connectivity index (χ0v) is 11.0. The van der Waals surface area contributed by atoms with Gasteiger partial charge in [0, 0.05) is 19.1 Å².